The molecule has 3 fully saturated rings. The zero-order chi connectivity index (χ0) is 10.1. The van der Waals surface area contributed by atoms with Gasteiger partial charge in [-0.15, -0.1) is 0 Å². The molecule has 4 atom stereocenters. The molecule has 3 rings (SSSR count). The molecule has 3 heterocycles. The summed E-state index contributed by atoms with van der Waals surface area (Å²) < 4.78 is 5.85. The molecule has 3 aliphatic rings. The van der Waals surface area contributed by atoms with Crippen molar-refractivity contribution in [2.75, 3.05) is 20.1 Å². The van der Waals surface area contributed by atoms with Crippen LogP contribution in [0, 0.1) is 0 Å². The van der Waals surface area contributed by atoms with Crippen molar-refractivity contribution in [2.24, 2.45) is 0 Å². The first kappa shape index (κ1) is 9.89. The van der Waals surface area contributed by atoms with Gasteiger partial charge < -0.3 is 15.2 Å². The van der Waals surface area contributed by atoms with Gasteiger partial charge in [-0.2, -0.15) is 0 Å². The van der Waals surface area contributed by atoms with E-state index in [1.54, 1.807) is 0 Å². The smallest absolute Gasteiger partial charge is 0.290 e. The summed E-state index contributed by atoms with van der Waals surface area (Å²) in [5.74, 6) is 0. The topological polar surface area (TPSA) is 61.8 Å². The minimum Gasteiger partial charge on any atom is -0.483 e. The van der Waals surface area contributed by atoms with Crippen LogP contribution in [0.25, 0.3) is 0 Å². The summed E-state index contributed by atoms with van der Waals surface area (Å²) in [6, 6.07) is 1.31. The fourth-order valence-corrected chi connectivity index (χ4v) is 2.94. The average molecular weight is 200 g/mol. The third-order valence-electron chi connectivity index (χ3n) is 3.37. The first-order valence-corrected chi connectivity index (χ1v) is 4.96. The minimum atomic E-state index is -0.250. The number of carboxylic acid groups (broad SMARTS) is 1. The van der Waals surface area contributed by atoms with E-state index in [9.17, 15) is 0 Å². The van der Waals surface area contributed by atoms with Crippen molar-refractivity contribution in [2.45, 2.75) is 30.7 Å². The quantitative estimate of drug-likeness (QED) is 0.539. The Balaban J connectivity index is 0.000000226. The van der Waals surface area contributed by atoms with E-state index >= 15 is 0 Å². The molecular weight excluding hydrogens is 184 g/mol. The van der Waals surface area contributed by atoms with Crippen LogP contribution in [-0.4, -0.2) is 60.9 Å². The Morgan fingerprint density at radius 2 is 2.29 bits per heavy atom. The number of ether oxygens (including phenoxy) is 1. The molecule has 3 aliphatic heterocycles. The predicted molar refractivity (Wildman–Crippen MR) is 50.2 cm³/mol. The summed E-state index contributed by atoms with van der Waals surface area (Å²) in [4.78, 5) is 10.9. The summed E-state index contributed by atoms with van der Waals surface area (Å²) >= 11 is 0. The number of carbonyl (C=O) groups is 1. The highest BCUT2D eigenvalue weighted by Gasteiger charge is 2.56. The van der Waals surface area contributed by atoms with Crippen molar-refractivity contribution in [1.82, 2.24) is 10.2 Å². The van der Waals surface area contributed by atoms with E-state index in [2.05, 4.69) is 10.2 Å². The normalized spacial score (nSPS) is 43.5. The SMILES string of the molecule is CN[C@@H]1[C@H]2[C@@H]3CCN2C[C@H]1O3.O=CO. The second kappa shape index (κ2) is 3.84. The van der Waals surface area contributed by atoms with Crippen LogP contribution >= 0.6 is 0 Å². The zero-order valence-corrected chi connectivity index (χ0v) is 8.22. The van der Waals surface area contributed by atoms with Gasteiger partial charge in [-0.3, -0.25) is 9.69 Å². The van der Waals surface area contributed by atoms with Gasteiger partial charge in [0.2, 0.25) is 0 Å². The van der Waals surface area contributed by atoms with Crippen LogP contribution in [0.2, 0.25) is 0 Å². The van der Waals surface area contributed by atoms with Gasteiger partial charge >= 0.3 is 0 Å². The van der Waals surface area contributed by atoms with Crippen molar-refractivity contribution in [1.29, 1.82) is 0 Å². The fraction of sp³-hybridized carbons (Fsp3) is 0.889. The van der Waals surface area contributed by atoms with Gasteiger partial charge in [0.1, 0.15) is 0 Å². The summed E-state index contributed by atoms with van der Waals surface area (Å²) in [7, 11) is 2.05. The molecular formula is C9H16N2O3. The minimum absolute atomic E-state index is 0.250. The molecule has 2 N–H and O–H groups in total. The summed E-state index contributed by atoms with van der Waals surface area (Å²) in [6.07, 6.45) is 2.28. The highest BCUT2D eigenvalue weighted by Crippen LogP contribution is 2.39. The summed E-state index contributed by atoms with van der Waals surface area (Å²) in [5.41, 5.74) is 0. The van der Waals surface area contributed by atoms with Crippen molar-refractivity contribution in [3.8, 4) is 0 Å². The van der Waals surface area contributed by atoms with Crippen LogP contribution < -0.4 is 5.32 Å². The van der Waals surface area contributed by atoms with E-state index in [1.165, 1.54) is 13.0 Å². The Morgan fingerprint density at radius 1 is 1.57 bits per heavy atom. The lowest BCUT2D eigenvalue weighted by atomic mass is 10.1. The largest absolute Gasteiger partial charge is 0.483 e. The Morgan fingerprint density at radius 3 is 2.79 bits per heavy atom. The molecule has 5 heteroatoms. The maximum atomic E-state index is 8.36. The van der Waals surface area contributed by atoms with Crippen LogP contribution in [0.5, 0.6) is 0 Å². The van der Waals surface area contributed by atoms with E-state index in [0.717, 1.165) is 6.54 Å². The maximum absolute atomic E-state index is 8.36. The lowest BCUT2D eigenvalue weighted by Crippen LogP contribution is -2.40. The van der Waals surface area contributed by atoms with Crippen LogP contribution in [-0.2, 0) is 9.53 Å². The van der Waals surface area contributed by atoms with E-state index in [1.807, 2.05) is 7.05 Å². The number of hydrogen-bond acceptors (Lipinski definition) is 4. The van der Waals surface area contributed by atoms with Gasteiger partial charge in [0.25, 0.3) is 6.47 Å². The van der Waals surface area contributed by atoms with Gasteiger partial charge in [0.15, 0.2) is 0 Å². The molecule has 0 aliphatic carbocycles. The lowest BCUT2D eigenvalue weighted by Gasteiger charge is -2.21. The molecule has 0 radical (unpaired) electrons. The van der Waals surface area contributed by atoms with Crippen LogP contribution in [0.3, 0.4) is 0 Å². The Hall–Kier alpha value is -0.650. The Labute approximate surface area is 83.0 Å². The van der Waals surface area contributed by atoms with E-state index in [4.69, 9.17) is 14.6 Å². The molecule has 14 heavy (non-hydrogen) atoms. The second-order valence-corrected chi connectivity index (χ2v) is 3.91. The van der Waals surface area contributed by atoms with E-state index < -0.39 is 0 Å². The highest BCUT2D eigenvalue weighted by molar-refractivity contribution is 5.32. The molecule has 0 aromatic carbocycles. The molecule has 3 saturated heterocycles. The van der Waals surface area contributed by atoms with Crippen LogP contribution in [0.15, 0.2) is 0 Å². The van der Waals surface area contributed by atoms with Crippen molar-refractivity contribution in [3.63, 3.8) is 0 Å². The lowest BCUT2D eigenvalue weighted by molar-refractivity contribution is -0.122. The van der Waals surface area contributed by atoms with Gasteiger partial charge in [-0.05, 0) is 13.5 Å². The molecule has 5 nitrogen and oxygen atoms in total. The summed E-state index contributed by atoms with van der Waals surface area (Å²) in [5, 5.41) is 10.2. The molecule has 0 aromatic heterocycles. The fourth-order valence-electron chi connectivity index (χ4n) is 2.94. The molecule has 80 valence electrons. The van der Waals surface area contributed by atoms with E-state index in [0.29, 0.717) is 24.3 Å². The molecule has 0 aromatic rings. The van der Waals surface area contributed by atoms with Crippen LogP contribution in [0.1, 0.15) is 6.42 Å². The van der Waals surface area contributed by atoms with Crippen molar-refractivity contribution >= 4 is 6.47 Å². The molecule has 0 saturated carbocycles. The number of hydrogen-bond donors (Lipinski definition) is 2. The maximum Gasteiger partial charge on any atom is 0.290 e. The van der Waals surface area contributed by atoms with Gasteiger partial charge in [0, 0.05) is 13.1 Å². The standard InChI is InChI=1S/C8H14N2O.CH2O2/c1-9-7-6-4-10-3-2-5(11-6)8(7)10;2-1-3/h5-9H,2-4H2,1H3;1H,(H,2,3)/t5-,6+,7-,8+;/m0./s1. The first-order valence-electron chi connectivity index (χ1n) is 4.96. The first-order chi connectivity index (χ1) is 6.81. The van der Waals surface area contributed by atoms with E-state index in [-0.39, 0.29) is 6.47 Å². The number of nitrogens with zero attached hydrogens (tertiary/aromatic N) is 1. The molecule has 0 amide bonds. The average Bonchev–Trinajstić information content (AvgIpc) is 2.72. The molecule has 0 spiro atoms. The third kappa shape index (κ3) is 1.32. The number of morpholine rings is 1. The molecule has 2 bridgehead atoms. The second-order valence-electron chi connectivity index (χ2n) is 3.91. The predicted octanol–water partition coefficient (Wildman–Crippen LogP) is -0.869. The number of likely N-dealkylation sites (N-methyl/N-ethyl adjacent to an activating group) is 1. The van der Waals surface area contributed by atoms with Gasteiger partial charge in [0.05, 0.1) is 24.3 Å². The number of fused-ring (bicyclic) bond motifs is 1. The summed E-state index contributed by atoms with van der Waals surface area (Å²) in [6.45, 7) is 2.16. The monoisotopic (exact) mass is 200 g/mol. The van der Waals surface area contributed by atoms with Gasteiger partial charge in [-0.25, -0.2) is 0 Å². The number of nitrogens with one attached hydrogen (secondary N) is 1. The van der Waals surface area contributed by atoms with Crippen LogP contribution in [0.4, 0.5) is 0 Å². The number of rotatable bonds is 1. The highest BCUT2D eigenvalue weighted by atomic mass is 16.5. The zero-order valence-electron chi connectivity index (χ0n) is 8.22. The van der Waals surface area contributed by atoms with Crippen molar-refractivity contribution in [3.05, 3.63) is 0 Å². The Kier molecular flexibility index (Phi) is 2.71. The van der Waals surface area contributed by atoms with Crippen molar-refractivity contribution < 1.29 is 14.6 Å². The Bertz CT molecular complexity index is 210. The molecule has 0 unspecified atom stereocenters. The van der Waals surface area contributed by atoms with Gasteiger partial charge in [-0.1, -0.05) is 0 Å². The third-order valence-corrected chi connectivity index (χ3v) is 3.37.